The van der Waals surface area contributed by atoms with Crippen molar-refractivity contribution in [3.05, 3.63) is 96.1 Å². The van der Waals surface area contributed by atoms with E-state index in [1.165, 1.54) is 24.3 Å². The average molecular weight is 632 g/mol. The molecule has 0 aliphatic carbocycles. The number of carbonyl (C=O) groups is 1. The van der Waals surface area contributed by atoms with Gasteiger partial charge in [-0.15, -0.1) is 0 Å². The monoisotopic (exact) mass is 632 g/mol. The van der Waals surface area contributed by atoms with Crippen molar-refractivity contribution in [1.29, 1.82) is 0 Å². The van der Waals surface area contributed by atoms with Crippen molar-refractivity contribution in [3.63, 3.8) is 0 Å². The van der Waals surface area contributed by atoms with Crippen LogP contribution in [-0.2, 0) is 17.8 Å². The Hall–Kier alpha value is -2.08. The van der Waals surface area contributed by atoms with Crippen LogP contribution in [0, 0.1) is 18.8 Å². The smallest absolute Gasteiger partial charge is 0.244 e. The summed E-state index contributed by atoms with van der Waals surface area (Å²) in [5.41, 5.74) is 4.85. The van der Waals surface area contributed by atoms with Gasteiger partial charge in [0.05, 0.1) is 19.8 Å². The number of nitrogens with one attached hydrogen (secondary N) is 1. The number of carbonyl (C=O) groups excluding carboxylic acids is 1. The van der Waals surface area contributed by atoms with Crippen LogP contribution in [0.25, 0.3) is 0 Å². The highest BCUT2D eigenvalue weighted by atomic mass is 127. The number of ether oxygens (including phenoxy) is 1. The summed E-state index contributed by atoms with van der Waals surface area (Å²) in [4.78, 5) is 12.0. The van der Waals surface area contributed by atoms with Crippen molar-refractivity contribution < 1.29 is 18.3 Å². The van der Waals surface area contributed by atoms with Crippen LogP contribution in [0.3, 0.4) is 0 Å². The molecular weight excluding hydrogens is 616 g/mol. The van der Waals surface area contributed by atoms with Gasteiger partial charge in [-0.05, 0) is 98.3 Å². The molecule has 0 spiro atoms. The Bertz CT molecular complexity index is 1030. The zero-order valence-electron chi connectivity index (χ0n) is 15.5. The lowest BCUT2D eigenvalue weighted by atomic mass is 10.1. The number of halogens is 4. The minimum absolute atomic E-state index is 0.114. The fraction of sp³-hybridized carbons (Fsp3) is 0.0909. The molecule has 3 aromatic carbocycles. The summed E-state index contributed by atoms with van der Waals surface area (Å²) in [6.07, 6.45) is 1.67. The molecule has 0 radical (unpaired) electrons. The number of rotatable bonds is 7. The molecule has 0 unspecified atom stereocenters. The first-order valence-electron chi connectivity index (χ1n) is 8.83. The molecule has 3 rings (SSSR count). The highest BCUT2D eigenvalue weighted by Gasteiger charge is 2.09. The second-order valence-corrected chi connectivity index (χ2v) is 8.65. The molecule has 8 heteroatoms. The summed E-state index contributed by atoms with van der Waals surface area (Å²) in [5, 5.41) is 3.99. The molecule has 0 bridgehead atoms. The van der Waals surface area contributed by atoms with E-state index >= 15 is 0 Å². The predicted octanol–water partition coefficient (Wildman–Crippen LogP) is 5.45. The highest BCUT2D eigenvalue weighted by molar-refractivity contribution is 14.1. The third kappa shape index (κ3) is 6.73. The Morgan fingerprint density at radius 2 is 1.47 bits per heavy atom. The first-order valence-corrected chi connectivity index (χ1v) is 11.0. The van der Waals surface area contributed by atoms with Crippen molar-refractivity contribution in [2.24, 2.45) is 5.10 Å². The van der Waals surface area contributed by atoms with E-state index in [4.69, 9.17) is 4.74 Å². The van der Waals surface area contributed by atoms with Crippen molar-refractivity contribution in [2.45, 2.75) is 13.0 Å². The van der Waals surface area contributed by atoms with Crippen LogP contribution >= 0.6 is 45.2 Å². The standard InChI is InChI=1S/C22H16F2I2N2O2/c23-17-5-1-14(2-6-17)11-21(29)28-27-12-16-9-19(25)22(20(26)10-16)30-13-15-3-7-18(24)8-4-15/h1-10,12H,11,13H2,(H,28,29)/b27-12+. The van der Waals surface area contributed by atoms with Crippen LogP contribution < -0.4 is 10.2 Å². The third-order valence-corrected chi connectivity index (χ3v) is 5.60. The first-order chi connectivity index (χ1) is 14.4. The van der Waals surface area contributed by atoms with Crippen LogP contribution in [0.4, 0.5) is 8.78 Å². The van der Waals surface area contributed by atoms with E-state index in [9.17, 15) is 13.6 Å². The van der Waals surface area contributed by atoms with Gasteiger partial charge in [-0.25, -0.2) is 14.2 Å². The van der Waals surface area contributed by atoms with Gasteiger partial charge in [0, 0.05) is 0 Å². The number of benzene rings is 3. The Morgan fingerprint density at radius 1 is 0.933 bits per heavy atom. The number of hydrogen-bond acceptors (Lipinski definition) is 3. The molecule has 0 aliphatic heterocycles. The largest absolute Gasteiger partial charge is 0.487 e. The highest BCUT2D eigenvalue weighted by Crippen LogP contribution is 2.29. The molecule has 0 fully saturated rings. The van der Waals surface area contributed by atoms with E-state index < -0.39 is 0 Å². The van der Waals surface area contributed by atoms with Gasteiger partial charge < -0.3 is 4.74 Å². The van der Waals surface area contributed by atoms with E-state index in [2.05, 4.69) is 55.7 Å². The molecule has 154 valence electrons. The molecule has 0 aromatic heterocycles. The zero-order chi connectivity index (χ0) is 21.5. The lowest BCUT2D eigenvalue weighted by molar-refractivity contribution is -0.120. The van der Waals surface area contributed by atoms with Gasteiger partial charge in [0.1, 0.15) is 24.0 Å². The minimum Gasteiger partial charge on any atom is -0.487 e. The fourth-order valence-electron chi connectivity index (χ4n) is 2.53. The molecule has 0 aliphatic rings. The second-order valence-electron chi connectivity index (χ2n) is 6.33. The van der Waals surface area contributed by atoms with Crippen LogP contribution in [-0.4, -0.2) is 12.1 Å². The van der Waals surface area contributed by atoms with E-state index in [1.807, 2.05) is 12.1 Å². The molecular formula is C22H16F2I2N2O2. The molecule has 0 saturated heterocycles. The molecule has 3 aromatic rings. The normalized spacial score (nSPS) is 10.9. The maximum atomic E-state index is 13.0. The van der Waals surface area contributed by atoms with Crippen molar-refractivity contribution in [3.8, 4) is 5.75 Å². The number of amides is 1. The Kier molecular flexibility index (Phi) is 8.14. The van der Waals surface area contributed by atoms with Crippen LogP contribution in [0.2, 0.25) is 0 Å². The summed E-state index contributed by atoms with van der Waals surface area (Å²) in [5.74, 6) is -0.178. The van der Waals surface area contributed by atoms with Crippen molar-refractivity contribution in [1.82, 2.24) is 5.43 Å². The topological polar surface area (TPSA) is 50.7 Å². The Balaban J connectivity index is 1.57. The molecule has 4 nitrogen and oxygen atoms in total. The zero-order valence-corrected chi connectivity index (χ0v) is 19.9. The van der Waals surface area contributed by atoms with Crippen molar-refractivity contribution in [2.75, 3.05) is 0 Å². The molecule has 0 atom stereocenters. The van der Waals surface area contributed by atoms with E-state index in [0.717, 1.165) is 24.0 Å². The lowest BCUT2D eigenvalue weighted by Crippen LogP contribution is -2.19. The third-order valence-electron chi connectivity index (χ3n) is 4.00. The van der Waals surface area contributed by atoms with Crippen LogP contribution in [0.1, 0.15) is 16.7 Å². The summed E-state index contributed by atoms with van der Waals surface area (Å²) < 4.78 is 33.6. The van der Waals surface area contributed by atoms with E-state index in [1.54, 1.807) is 30.5 Å². The van der Waals surface area contributed by atoms with Gasteiger partial charge in [-0.1, -0.05) is 24.3 Å². The Labute approximate surface area is 200 Å². The predicted molar refractivity (Wildman–Crippen MR) is 128 cm³/mol. The van der Waals surface area contributed by atoms with Crippen LogP contribution in [0.5, 0.6) is 5.75 Å². The van der Waals surface area contributed by atoms with Gasteiger partial charge >= 0.3 is 0 Å². The quantitative estimate of drug-likeness (QED) is 0.214. The first kappa shape index (κ1) is 22.6. The van der Waals surface area contributed by atoms with E-state index in [0.29, 0.717) is 12.2 Å². The molecule has 1 amide bonds. The SMILES string of the molecule is O=C(Cc1ccc(F)cc1)N/N=C/c1cc(I)c(OCc2ccc(F)cc2)c(I)c1. The molecule has 0 heterocycles. The van der Waals surface area contributed by atoms with Gasteiger partial charge in [0.15, 0.2) is 0 Å². The number of hydrogen-bond donors (Lipinski definition) is 1. The van der Waals surface area contributed by atoms with Crippen molar-refractivity contribution >= 4 is 57.3 Å². The number of hydrazone groups is 1. The van der Waals surface area contributed by atoms with E-state index in [-0.39, 0.29) is 24.0 Å². The van der Waals surface area contributed by atoms with Gasteiger partial charge in [0.25, 0.3) is 0 Å². The van der Waals surface area contributed by atoms with Gasteiger partial charge in [-0.3, -0.25) is 4.79 Å². The fourth-order valence-corrected chi connectivity index (χ4v) is 4.66. The second kappa shape index (κ2) is 10.8. The van der Waals surface area contributed by atoms with Gasteiger partial charge in [0.2, 0.25) is 5.91 Å². The Morgan fingerprint density at radius 3 is 2.03 bits per heavy atom. The molecule has 30 heavy (non-hydrogen) atoms. The minimum atomic E-state index is -0.341. The maximum Gasteiger partial charge on any atom is 0.244 e. The average Bonchev–Trinajstić information content (AvgIpc) is 2.70. The summed E-state index contributed by atoms with van der Waals surface area (Å²) in [6.45, 7) is 0.333. The van der Waals surface area contributed by atoms with Crippen LogP contribution in [0.15, 0.2) is 65.8 Å². The summed E-state index contributed by atoms with van der Waals surface area (Å²) >= 11 is 4.35. The lowest BCUT2D eigenvalue weighted by Gasteiger charge is -2.11. The molecule has 0 saturated carbocycles. The molecule has 1 N–H and O–H groups in total. The number of nitrogens with zero attached hydrogens (tertiary/aromatic N) is 1. The van der Waals surface area contributed by atoms with Gasteiger partial charge in [-0.2, -0.15) is 5.10 Å². The maximum absolute atomic E-state index is 13.0. The summed E-state index contributed by atoms with van der Waals surface area (Å²) in [6, 6.07) is 15.7. The summed E-state index contributed by atoms with van der Waals surface area (Å²) in [7, 11) is 0.